The Bertz CT molecular complexity index is 1040. The van der Waals surface area contributed by atoms with E-state index < -0.39 is 9.84 Å². The lowest BCUT2D eigenvalue weighted by atomic mass is 10.1. The summed E-state index contributed by atoms with van der Waals surface area (Å²) in [5.41, 5.74) is 0.513. The largest absolute Gasteiger partial charge is 0.493 e. The number of carbonyl (C=O) groups is 1. The van der Waals surface area contributed by atoms with Crippen molar-refractivity contribution in [3.63, 3.8) is 0 Å². The predicted octanol–water partition coefficient (Wildman–Crippen LogP) is 4.13. The molecule has 0 saturated carbocycles. The normalized spacial score (nSPS) is 20.2. The molecule has 1 amide bonds. The standard InChI is InChI=1S/C25H34N2O5S/c1-19(2)17-31-22-8-6-20(7-9-22)25(28)27(21-12-15-33(29,30)18-21)16-23-10-11-24(32-23)26-13-4-3-5-14-26/h6-11,19,21H,3-5,12-18H2,1-2H3. The summed E-state index contributed by atoms with van der Waals surface area (Å²) in [6, 6.07) is 10.6. The smallest absolute Gasteiger partial charge is 0.254 e. The topological polar surface area (TPSA) is 80.1 Å². The summed E-state index contributed by atoms with van der Waals surface area (Å²) in [7, 11) is -3.14. The fraction of sp³-hybridized carbons (Fsp3) is 0.560. The number of piperidine rings is 1. The van der Waals surface area contributed by atoms with Gasteiger partial charge in [-0.2, -0.15) is 0 Å². The minimum atomic E-state index is -3.14. The Morgan fingerprint density at radius 2 is 1.85 bits per heavy atom. The molecular formula is C25H34N2O5S. The first kappa shape index (κ1) is 23.7. The van der Waals surface area contributed by atoms with Crippen LogP contribution in [0.5, 0.6) is 5.75 Å². The second-order valence-corrected chi connectivity index (χ2v) is 11.7. The summed E-state index contributed by atoms with van der Waals surface area (Å²) in [5, 5.41) is 0. The van der Waals surface area contributed by atoms with Crippen LogP contribution in [0.3, 0.4) is 0 Å². The van der Waals surface area contributed by atoms with Crippen molar-refractivity contribution >= 4 is 21.6 Å². The molecular weight excluding hydrogens is 440 g/mol. The molecule has 8 heteroatoms. The van der Waals surface area contributed by atoms with E-state index >= 15 is 0 Å². The van der Waals surface area contributed by atoms with Crippen molar-refractivity contribution < 1.29 is 22.4 Å². The molecule has 2 aromatic rings. The minimum Gasteiger partial charge on any atom is -0.493 e. The molecule has 0 aliphatic carbocycles. The highest BCUT2D eigenvalue weighted by molar-refractivity contribution is 7.91. The van der Waals surface area contributed by atoms with Gasteiger partial charge in [0.25, 0.3) is 5.91 Å². The van der Waals surface area contributed by atoms with Crippen molar-refractivity contribution in [2.45, 2.75) is 52.1 Å². The second-order valence-electron chi connectivity index (χ2n) is 9.51. The van der Waals surface area contributed by atoms with Crippen LogP contribution in [-0.2, 0) is 16.4 Å². The molecule has 2 aliphatic heterocycles. The molecule has 1 aromatic heterocycles. The van der Waals surface area contributed by atoms with Crippen molar-refractivity contribution in [3.05, 3.63) is 47.7 Å². The van der Waals surface area contributed by atoms with Crippen molar-refractivity contribution in [2.24, 2.45) is 5.92 Å². The number of furan rings is 1. The quantitative estimate of drug-likeness (QED) is 0.572. The van der Waals surface area contributed by atoms with Crippen molar-refractivity contribution in [3.8, 4) is 5.75 Å². The van der Waals surface area contributed by atoms with Gasteiger partial charge in [0.2, 0.25) is 0 Å². The first-order valence-electron chi connectivity index (χ1n) is 11.9. The van der Waals surface area contributed by atoms with Crippen LogP contribution in [0.15, 0.2) is 40.8 Å². The third-order valence-electron chi connectivity index (χ3n) is 6.24. The third-order valence-corrected chi connectivity index (χ3v) is 7.99. The lowest BCUT2D eigenvalue weighted by molar-refractivity contribution is 0.0666. The zero-order valence-corrected chi connectivity index (χ0v) is 20.4. The molecule has 180 valence electrons. The summed E-state index contributed by atoms with van der Waals surface area (Å²) in [5.74, 6) is 2.53. The number of carbonyl (C=O) groups excluding carboxylic acids is 1. The minimum absolute atomic E-state index is 0.00594. The number of hydrogen-bond donors (Lipinski definition) is 0. The Kier molecular flexibility index (Phi) is 7.32. The van der Waals surface area contributed by atoms with Crippen LogP contribution < -0.4 is 9.64 Å². The number of sulfone groups is 1. The van der Waals surface area contributed by atoms with Crippen LogP contribution in [-0.4, -0.2) is 56.5 Å². The molecule has 3 heterocycles. The van der Waals surface area contributed by atoms with Crippen molar-refractivity contribution in [1.82, 2.24) is 4.90 Å². The number of benzene rings is 1. The highest BCUT2D eigenvalue weighted by Gasteiger charge is 2.35. The van der Waals surface area contributed by atoms with Gasteiger partial charge >= 0.3 is 0 Å². The van der Waals surface area contributed by atoms with Crippen molar-refractivity contribution in [2.75, 3.05) is 36.1 Å². The summed E-state index contributed by atoms with van der Waals surface area (Å²) in [4.78, 5) is 17.4. The number of nitrogens with zero attached hydrogens (tertiary/aromatic N) is 2. The summed E-state index contributed by atoms with van der Waals surface area (Å²) in [6.07, 6.45) is 3.99. The fourth-order valence-electron chi connectivity index (χ4n) is 4.41. The predicted molar refractivity (Wildman–Crippen MR) is 128 cm³/mol. The molecule has 7 nitrogen and oxygen atoms in total. The van der Waals surface area contributed by atoms with E-state index in [1.165, 1.54) is 6.42 Å². The number of amides is 1. The maximum atomic E-state index is 13.5. The molecule has 2 saturated heterocycles. The first-order valence-corrected chi connectivity index (χ1v) is 13.7. The van der Waals surface area contributed by atoms with Gasteiger partial charge in [0.05, 0.1) is 24.7 Å². The lowest BCUT2D eigenvalue weighted by Gasteiger charge is -2.28. The maximum absolute atomic E-state index is 13.5. The van der Waals surface area contributed by atoms with Crippen LogP contribution in [0.1, 0.15) is 55.6 Å². The Labute approximate surface area is 196 Å². The van der Waals surface area contributed by atoms with Crippen LogP contribution >= 0.6 is 0 Å². The third kappa shape index (κ3) is 6.10. The number of hydrogen-bond acceptors (Lipinski definition) is 6. The van der Waals surface area contributed by atoms with Gasteiger partial charge < -0.3 is 19.0 Å². The molecule has 0 radical (unpaired) electrons. The highest BCUT2D eigenvalue weighted by Crippen LogP contribution is 2.27. The Morgan fingerprint density at radius 1 is 1.12 bits per heavy atom. The average Bonchev–Trinajstić information content (AvgIpc) is 3.42. The molecule has 0 spiro atoms. The monoisotopic (exact) mass is 474 g/mol. The molecule has 0 N–H and O–H groups in total. The molecule has 1 atom stereocenters. The number of anilines is 1. The molecule has 2 fully saturated rings. The zero-order chi connectivity index (χ0) is 23.4. The summed E-state index contributed by atoms with van der Waals surface area (Å²) in [6.45, 7) is 6.96. The SMILES string of the molecule is CC(C)COc1ccc(C(=O)N(Cc2ccc(N3CCCCC3)o2)C2CCS(=O)(=O)C2)cc1. The van der Waals surface area contributed by atoms with E-state index in [-0.39, 0.29) is 30.0 Å². The van der Waals surface area contributed by atoms with Gasteiger partial charge in [-0.1, -0.05) is 13.8 Å². The van der Waals surface area contributed by atoms with Crippen molar-refractivity contribution in [1.29, 1.82) is 0 Å². The zero-order valence-electron chi connectivity index (χ0n) is 19.5. The van der Waals surface area contributed by atoms with Gasteiger partial charge in [0.15, 0.2) is 15.7 Å². The average molecular weight is 475 g/mol. The number of ether oxygens (including phenoxy) is 1. The van der Waals surface area contributed by atoms with Gasteiger partial charge in [-0.15, -0.1) is 0 Å². The van der Waals surface area contributed by atoms with Gasteiger partial charge in [-0.3, -0.25) is 4.79 Å². The first-order chi connectivity index (χ1) is 15.8. The van der Waals surface area contributed by atoms with Gasteiger partial charge in [-0.25, -0.2) is 8.42 Å². The Hall–Kier alpha value is -2.48. The Balaban J connectivity index is 1.51. The molecule has 4 rings (SSSR count). The second kappa shape index (κ2) is 10.2. The van der Waals surface area contributed by atoms with E-state index in [9.17, 15) is 13.2 Å². The fourth-order valence-corrected chi connectivity index (χ4v) is 6.14. The lowest BCUT2D eigenvalue weighted by Crippen LogP contribution is -2.40. The van der Waals surface area contributed by atoms with E-state index in [1.807, 2.05) is 12.1 Å². The van der Waals surface area contributed by atoms with Crippen LogP contribution in [0.25, 0.3) is 0 Å². The van der Waals surface area contributed by atoms with Crippen LogP contribution in [0.2, 0.25) is 0 Å². The molecule has 33 heavy (non-hydrogen) atoms. The van der Waals surface area contributed by atoms with Crippen LogP contribution in [0.4, 0.5) is 5.88 Å². The van der Waals surface area contributed by atoms with Gasteiger partial charge in [-0.05, 0) is 61.9 Å². The van der Waals surface area contributed by atoms with E-state index in [1.54, 1.807) is 29.2 Å². The summed E-state index contributed by atoms with van der Waals surface area (Å²) < 4.78 is 36.1. The van der Waals surface area contributed by atoms with E-state index in [0.29, 0.717) is 36.0 Å². The van der Waals surface area contributed by atoms with E-state index in [2.05, 4.69) is 18.7 Å². The number of rotatable bonds is 8. The molecule has 2 aliphatic rings. The van der Waals surface area contributed by atoms with E-state index in [0.717, 1.165) is 31.8 Å². The summed E-state index contributed by atoms with van der Waals surface area (Å²) >= 11 is 0. The highest BCUT2D eigenvalue weighted by atomic mass is 32.2. The van der Waals surface area contributed by atoms with Gasteiger partial charge in [0, 0.05) is 30.8 Å². The van der Waals surface area contributed by atoms with Crippen LogP contribution in [0, 0.1) is 5.92 Å². The Morgan fingerprint density at radius 3 is 2.48 bits per heavy atom. The molecule has 1 aromatic carbocycles. The van der Waals surface area contributed by atoms with Gasteiger partial charge in [0.1, 0.15) is 11.5 Å². The molecule has 0 bridgehead atoms. The molecule has 1 unspecified atom stereocenters. The maximum Gasteiger partial charge on any atom is 0.254 e. The van der Waals surface area contributed by atoms with E-state index in [4.69, 9.17) is 9.15 Å².